The standard InChI is InChI=1S/C12H8BrN3O/c13-11-7-15-8-16-12(11)17-10-3-1-9(2-4-10)5-6-14/h1-4,7-8H,5H2. The van der Waals surface area contributed by atoms with E-state index in [9.17, 15) is 0 Å². The molecule has 2 aromatic rings. The molecule has 0 spiro atoms. The Morgan fingerprint density at radius 1 is 1.29 bits per heavy atom. The van der Waals surface area contributed by atoms with Crippen LogP contribution in [0, 0.1) is 11.3 Å². The highest BCUT2D eigenvalue weighted by Gasteiger charge is 2.03. The molecule has 0 aliphatic heterocycles. The molecule has 1 aromatic heterocycles. The Hall–Kier alpha value is -1.93. The van der Waals surface area contributed by atoms with Gasteiger partial charge in [-0.05, 0) is 33.6 Å². The summed E-state index contributed by atoms with van der Waals surface area (Å²) in [4.78, 5) is 7.85. The highest BCUT2D eigenvalue weighted by Crippen LogP contribution is 2.26. The van der Waals surface area contributed by atoms with E-state index in [1.807, 2.05) is 12.1 Å². The van der Waals surface area contributed by atoms with E-state index >= 15 is 0 Å². The second-order valence-electron chi connectivity index (χ2n) is 3.26. The lowest BCUT2D eigenvalue weighted by Gasteiger charge is -2.05. The van der Waals surface area contributed by atoms with Crippen LogP contribution in [0.2, 0.25) is 0 Å². The molecule has 0 radical (unpaired) electrons. The van der Waals surface area contributed by atoms with Crippen LogP contribution in [-0.4, -0.2) is 9.97 Å². The van der Waals surface area contributed by atoms with Crippen molar-refractivity contribution in [3.63, 3.8) is 0 Å². The van der Waals surface area contributed by atoms with E-state index in [1.165, 1.54) is 6.33 Å². The molecule has 0 saturated carbocycles. The molecule has 2 rings (SSSR count). The van der Waals surface area contributed by atoms with Gasteiger partial charge in [-0.3, -0.25) is 0 Å². The Balaban J connectivity index is 2.15. The lowest BCUT2D eigenvalue weighted by Crippen LogP contribution is -1.90. The molecule has 1 heterocycles. The first-order valence-corrected chi connectivity index (χ1v) is 5.68. The van der Waals surface area contributed by atoms with E-state index in [1.54, 1.807) is 18.3 Å². The first kappa shape index (κ1) is 11.6. The van der Waals surface area contributed by atoms with Crippen molar-refractivity contribution in [2.24, 2.45) is 0 Å². The van der Waals surface area contributed by atoms with E-state index in [0.29, 0.717) is 22.5 Å². The summed E-state index contributed by atoms with van der Waals surface area (Å²) in [5, 5.41) is 8.56. The predicted octanol–water partition coefficient (Wildman–Crippen LogP) is 3.10. The third-order valence-electron chi connectivity index (χ3n) is 2.05. The summed E-state index contributed by atoms with van der Waals surface area (Å²) >= 11 is 3.30. The number of nitrogens with zero attached hydrogens (tertiary/aromatic N) is 3. The number of benzene rings is 1. The van der Waals surface area contributed by atoms with Crippen LogP contribution in [0.1, 0.15) is 5.56 Å². The summed E-state index contributed by atoms with van der Waals surface area (Å²) in [6, 6.07) is 9.42. The highest BCUT2D eigenvalue weighted by atomic mass is 79.9. The Morgan fingerprint density at radius 2 is 2.06 bits per heavy atom. The van der Waals surface area contributed by atoms with Gasteiger partial charge in [0.1, 0.15) is 12.1 Å². The van der Waals surface area contributed by atoms with Gasteiger partial charge in [0.25, 0.3) is 0 Å². The fourth-order valence-electron chi connectivity index (χ4n) is 1.25. The normalized spacial score (nSPS) is 9.65. The van der Waals surface area contributed by atoms with Crippen molar-refractivity contribution >= 4 is 15.9 Å². The molecular formula is C12H8BrN3O. The van der Waals surface area contributed by atoms with Gasteiger partial charge in [-0.15, -0.1) is 0 Å². The molecule has 1 aromatic carbocycles. The Labute approximate surface area is 107 Å². The van der Waals surface area contributed by atoms with Crippen LogP contribution in [0.5, 0.6) is 11.6 Å². The van der Waals surface area contributed by atoms with Crippen LogP contribution in [-0.2, 0) is 6.42 Å². The quantitative estimate of drug-likeness (QED) is 0.871. The molecule has 84 valence electrons. The SMILES string of the molecule is N#CCc1ccc(Oc2ncncc2Br)cc1. The van der Waals surface area contributed by atoms with Crippen LogP contribution >= 0.6 is 15.9 Å². The molecule has 4 nitrogen and oxygen atoms in total. The van der Waals surface area contributed by atoms with Crippen molar-refractivity contribution in [2.75, 3.05) is 0 Å². The predicted molar refractivity (Wildman–Crippen MR) is 65.6 cm³/mol. The first-order valence-electron chi connectivity index (χ1n) is 4.89. The Bertz CT molecular complexity index is 548. The van der Waals surface area contributed by atoms with Gasteiger partial charge in [-0.2, -0.15) is 5.26 Å². The van der Waals surface area contributed by atoms with Gasteiger partial charge in [-0.25, -0.2) is 9.97 Å². The molecule has 0 aliphatic rings. The third-order valence-corrected chi connectivity index (χ3v) is 2.60. The van der Waals surface area contributed by atoms with Crippen LogP contribution in [0.15, 0.2) is 41.3 Å². The van der Waals surface area contributed by atoms with E-state index in [0.717, 1.165) is 5.56 Å². The number of aromatic nitrogens is 2. The molecule has 0 amide bonds. The second-order valence-corrected chi connectivity index (χ2v) is 4.11. The lowest BCUT2D eigenvalue weighted by atomic mass is 10.2. The number of rotatable bonds is 3. The average Bonchev–Trinajstić information content (AvgIpc) is 2.35. The van der Waals surface area contributed by atoms with E-state index < -0.39 is 0 Å². The molecule has 0 unspecified atom stereocenters. The zero-order valence-electron chi connectivity index (χ0n) is 8.80. The number of halogens is 1. The highest BCUT2D eigenvalue weighted by molar-refractivity contribution is 9.10. The minimum absolute atomic E-state index is 0.400. The summed E-state index contributed by atoms with van der Waals surface area (Å²) in [6.45, 7) is 0. The minimum Gasteiger partial charge on any atom is -0.438 e. The van der Waals surface area contributed by atoms with Gasteiger partial charge < -0.3 is 4.74 Å². The molecule has 0 N–H and O–H groups in total. The van der Waals surface area contributed by atoms with Gasteiger partial charge in [-0.1, -0.05) is 12.1 Å². The largest absolute Gasteiger partial charge is 0.438 e. The molecule has 0 fully saturated rings. The Kier molecular flexibility index (Phi) is 3.68. The average molecular weight is 290 g/mol. The van der Waals surface area contributed by atoms with Crippen molar-refractivity contribution in [3.05, 3.63) is 46.8 Å². The topological polar surface area (TPSA) is 58.8 Å². The van der Waals surface area contributed by atoms with E-state index in [2.05, 4.69) is 32.0 Å². The summed E-state index contributed by atoms with van der Waals surface area (Å²) in [5.74, 6) is 1.14. The zero-order chi connectivity index (χ0) is 12.1. The third kappa shape index (κ3) is 3.02. The van der Waals surface area contributed by atoms with Crippen LogP contribution in [0.3, 0.4) is 0 Å². The van der Waals surface area contributed by atoms with Gasteiger partial charge in [0, 0.05) is 6.20 Å². The van der Waals surface area contributed by atoms with Crippen LogP contribution in [0.25, 0.3) is 0 Å². The van der Waals surface area contributed by atoms with Crippen molar-refractivity contribution in [2.45, 2.75) is 6.42 Å². The molecule has 0 aliphatic carbocycles. The molecule has 5 heteroatoms. The smallest absolute Gasteiger partial charge is 0.236 e. The summed E-state index contributed by atoms with van der Waals surface area (Å²) < 4.78 is 6.26. The molecular weight excluding hydrogens is 282 g/mol. The molecule has 17 heavy (non-hydrogen) atoms. The van der Waals surface area contributed by atoms with Crippen molar-refractivity contribution in [1.82, 2.24) is 9.97 Å². The minimum atomic E-state index is 0.400. The maximum absolute atomic E-state index is 8.56. The van der Waals surface area contributed by atoms with Crippen molar-refractivity contribution in [1.29, 1.82) is 5.26 Å². The van der Waals surface area contributed by atoms with Gasteiger partial charge in [0.2, 0.25) is 5.88 Å². The first-order chi connectivity index (χ1) is 8.29. The second kappa shape index (κ2) is 5.41. The summed E-state index contributed by atoms with van der Waals surface area (Å²) in [7, 11) is 0. The fourth-order valence-corrected chi connectivity index (χ4v) is 1.56. The number of nitriles is 1. The van der Waals surface area contributed by atoms with Gasteiger partial charge in [0.05, 0.1) is 17.0 Å². The number of hydrogen-bond donors (Lipinski definition) is 0. The zero-order valence-corrected chi connectivity index (χ0v) is 10.4. The van der Waals surface area contributed by atoms with Gasteiger partial charge >= 0.3 is 0 Å². The van der Waals surface area contributed by atoms with Gasteiger partial charge in [0.15, 0.2) is 0 Å². The monoisotopic (exact) mass is 289 g/mol. The van der Waals surface area contributed by atoms with Crippen molar-refractivity contribution in [3.8, 4) is 17.7 Å². The molecule has 0 bridgehead atoms. The van der Waals surface area contributed by atoms with E-state index in [-0.39, 0.29) is 0 Å². The maximum Gasteiger partial charge on any atom is 0.236 e. The number of ether oxygens (including phenoxy) is 1. The van der Waals surface area contributed by atoms with Crippen molar-refractivity contribution < 1.29 is 4.74 Å². The van der Waals surface area contributed by atoms with E-state index in [4.69, 9.17) is 10.00 Å². The molecule has 0 saturated heterocycles. The summed E-state index contributed by atoms with van der Waals surface area (Å²) in [6.07, 6.45) is 3.44. The number of hydrogen-bond acceptors (Lipinski definition) is 4. The maximum atomic E-state index is 8.56. The Morgan fingerprint density at radius 3 is 2.71 bits per heavy atom. The lowest BCUT2D eigenvalue weighted by molar-refractivity contribution is 0.458. The fraction of sp³-hybridized carbons (Fsp3) is 0.0833. The van der Waals surface area contributed by atoms with Crippen LogP contribution in [0.4, 0.5) is 0 Å². The van der Waals surface area contributed by atoms with Crippen LogP contribution < -0.4 is 4.74 Å². The summed E-state index contributed by atoms with van der Waals surface area (Å²) in [5.41, 5.74) is 0.960. The molecule has 0 atom stereocenters.